The average molecular weight is 182 g/mol. The molecule has 0 radical (unpaired) electrons. The van der Waals surface area contributed by atoms with Crippen LogP contribution in [0.1, 0.15) is 39.0 Å². The predicted octanol–water partition coefficient (Wildman–Crippen LogP) is 2.53. The lowest BCUT2D eigenvalue weighted by atomic mass is 9.62. The van der Waals surface area contributed by atoms with Gasteiger partial charge in [-0.05, 0) is 43.4 Å². The number of carbonyl (C=O) groups is 1. The van der Waals surface area contributed by atoms with E-state index in [1.807, 2.05) is 0 Å². The van der Waals surface area contributed by atoms with E-state index in [1.165, 1.54) is 6.42 Å². The van der Waals surface area contributed by atoms with Crippen LogP contribution >= 0.6 is 0 Å². The van der Waals surface area contributed by atoms with Crippen molar-refractivity contribution in [1.82, 2.24) is 0 Å². The summed E-state index contributed by atoms with van der Waals surface area (Å²) in [6.07, 6.45) is 5.85. The Bertz CT molecular complexity index is 198. The van der Waals surface area contributed by atoms with Gasteiger partial charge in [-0.1, -0.05) is 13.3 Å². The molecule has 2 heteroatoms. The second-order valence-electron chi connectivity index (χ2n) is 4.89. The summed E-state index contributed by atoms with van der Waals surface area (Å²) in [6, 6.07) is 0. The molecule has 0 aromatic carbocycles. The summed E-state index contributed by atoms with van der Waals surface area (Å²) < 4.78 is 0. The van der Waals surface area contributed by atoms with Crippen LogP contribution in [-0.2, 0) is 4.79 Å². The molecule has 0 saturated heterocycles. The van der Waals surface area contributed by atoms with E-state index in [2.05, 4.69) is 6.92 Å². The van der Waals surface area contributed by atoms with Gasteiger partial charge in [-0.15, -0.1) is 0 Å². The molecule has 2 nitrogen and oxygen atoms in total. The molecular formula is C11H18O2. The Morgan fingerprint density at radius 3 is 2.23 bits per heavy atom. The molecule has 0 heterocycles. The SMILES string of the molecule is CC1CC2CCCC(C1)C2C(=O)O. The Kier molecular flexibility index (Phi) is 2.31. The molecule has 13 heavy (non-hydrogen) atoms. The fraction of sp³-hybridized carbons (Fsp3) is 0.909. The van der Waals surface area contributed by atoms with Gasteiger partial charge in [-0.25, -0.2) is 0 Å². The highest BCUT2D eigenvalue weighted by molar-refractivity contribution is 5.71. The lowest BCUT2D eigenvalue weighted by molar-refractivity contribution is -0.150. The summed E-state index contributed by atoms with van der Waals surface area (Å²) in [4.78, 5) is 11.1. The summed E-state index contributed by atoms with van der Waals surface area (Å²) in [5, 5.41) is 9.13. The van der Waals surface area contributed by atoms with Gasteiger partial charge in [0.05, 0.1) is 5.92 Å². The molecule has 0 spiro atoms. The van der Waals surface area contributed by atoms with E-state index in [9.17, 15) is 4.79 Å². The quantitative estimate of drug-likeness (QED) is 0.676. The van der Waals surface area contributed by atoms with Crippen LogP contribution in [0, 0.1) is 23.7 Å². The smallest absolute Gasteiger partial charge is 0.307 e. The van der Waals surface area contributed by atoms with Gasteiger partial charge >= 0.3 is 5.97 Å². The van der Waals surface area contributed by atoms with E-state index < -0.39 is 5.97 Å². The molecule has 2 unspecified atom stereocenters. The fourth-order valence-corrected chi connectivity index (χ4v) is 3.45. The molecule has 2 saturated carbocycles. The molecule has 0 aromatic heterocycles. The summed E-state index contributed by atoms with van der Waals surface area (Å²) in [6.45, 7) is 2.27. The van der Waals surface area contributed by atoms with E-state index in [4.69, 9.17) is 5.11 Å². The first-order valence-electron chi connectivity index (χ1n) is 5.41. The molecule has 2 aliphatic rings. The third-order valence-electron chi connectivity index (χ3n) is 3.86. The number of carboxylic acids is 1. The van der Waals surface area contributed by atoms with Crippen LogP contribution in [0.3, 0.4) is 0 Å². The first kappa shape index (κ1) is 9.04. The molecule has 0 aromatic rings. The van der Waals surface area contributed by atoms with Gasteiger partial charge in [0.25, 0.3) is 0 Å². The first-order chi connectivity index (χ1) is 6.18. The van der Waals surface area contributed by atoms with Crippen LogP contribution in [-0.4, -0.2) is 11.1 Å². The number of hydrogen-bond donors (Lipinski definition) is 1. The summed E-state index contributed by atoms with van der Waals surface area (Å²) in [5.74, 6) is 1.18. The minimum atomic E-state index is -0.540. The molecule has 1 N–H and O–H groups in total. The molecule has 74 valence electrons. The minimum Gasteiger partial charge on any atom is -0.481 e. The van der Waals surface area contributed by atoms with E-state index in [0.717, 1.165) is 31.6 Å². The van der Waals surface area contributed by atoms with Crippen molar-refractivity contribution >= 4 is 5.97 Å². The van der Waals surface area contributed by atoms with E-state index in [1.54, 1.807) is 0 Å². The number of hydrogen-bond acceptors (Lipinski definition) is 1. The third-order valence-corrected chi connectivity index (χ3v) is 3.86. The van der Waals surface area contributed by atoms with Crippen LogP contribution in [0.15, 0.2) is 0 Å². The van der Waals surface area contributed by atoms with Crippen LogP contribution in [0.5, 0.6) is 0 Å². The summed E-state index contributed by atoms with van der Waals surface area (Å²) >= 11 is 0. The standard InChI is InChI=1S/C11H18O2/c1-7-5-8-3-2-4-9(6-7)10(8)11(12)13/h7-10H,2-6H2,1H3,(H,12,13). The van der Waals surface area contributed by atoms with Crippen molar-refractivity contribution in [3.63, 3.8) is 0 Å². The number of carboxylic acid groups (broad SMARTS) is 1. The van der Waals surface area contributed by atoms with Crippen LogP contribution in [0.2, 0.25) is 0 Å². The molecule has 2 rings (SSSR count). The first-order valence-corrected chi connectivity index (χ1v) is 5.41. The second-order valence-corrected chi connectivity index (χ2v) is 4.89. The maximum absolute atomic E-state index is 11.1. The Morgan fingerprint density at radius 1 is 1.23 bits per heavy atom. The molecular weight excluding hydrogens is 164 g/mol. The van der Waals surface area contributed by atoms with Crippen molar-refractivity contribution in [3.8, 4) is 0 Å². The lowest BCUT2D eigenvalue weighted by Crippen LogP contribution is -2.40. The summed E-state index contributed by atoms with van der Waals surface area (Å²) in [5.41, 5.74) is 0. The zero-order valence-corrected chi connectivity index (χ0v) is 8.20. The zero-order chi connectivity index (χ0) is 9.42. The van der Waals surface area contributed by atoms with Crippen molar-refractivity contribution in [1.29, 1.82) is 0 Å². The highest BCUT2D eigenvalue weighted by atomic mass is 16.4. The van der Waals surface area contributed by atoms with E-state index in [-0.39, 0.29) is 5.92 Å². The van der Waals surface area contributed by atoms with Crippen molar-refractivity contribution in [3.05, 3.63) is 0 Å². The number of rotatable bonds is 1. The van der Waals surface area contributed by atoms with Gasteiger partial charge < -0.3 is 5.11 Å². The Morgan fingerprint density at radius 2 is 1.77 bits per heavy atom. The largest absolute Gasteiger partial charge is 0.481 e. The number of fused-ring (bicyclic) bond motifs is 2. The lowest BCUT2D eigenvalue weighted by Gasteiger charge is -2.42. The molecule has 0 amide bonds. The summed E-state index contributed by atoms with van der Waals surface area (Å²) in [7, 11) is 0. The van der Waals surface area contributed by atoms with Crippen molar-refractivity contribution in [2.24, 2.45) is 23.7 Å². The third kappa shape index (κ3) is 1.59. The van der Waals surface area contributed by atoms with Crippen molar-refractivity contribution in [2.45, 2.75) is 39.0 Å². The highest BCUT2D eigenvalue weighted by Gasteiger charge is 2.42. The minimum absolute atomic E-state index is 0.00931. The maximum atomic E-state index is 11.1. The van der Waals surface area contributed by atoms with Gasteiger partial charge in [0.2, 0.25) is 0 Å². The fourth-order valence-electron chi connectivity index (χ4n) is 3.45. The van der Waals surface area contributed by atoms with Gasteiger partial charge in [0.15, 0.2) is 0 Å². The van der Waals surface area contributed by atoms with Crippen molar-refractivity contribution < 1.29 is 9.90 Å². The Hall–Kier alpha value is -0.530. The van der Waals surface area contributed by atoms with Crippen molar-refractivity contribution in [2.75, 3.05) is 0 Å². The van der Waals surface area contributed by atoms with Crippen LogP contribution in [0.25, 0.3) is 0 Å². The van der Waals surface area contributed by atoms with Gasteiger partial charge in [-0.3, -0.25) is 4.79 Å². The van der Waals surface area contributed by atoms with Crippen LogP contribution < -0.4 is 0 Å². The molecule has 0 aliphatic heterocycles. The van der Waals surface area contributed by atoms with E-state index in [0.29, 0.717) is 11.8 Å². The second kappa shape index (κ2) is 3.32. The normalized spacial score (nSPS) is 44.4. The molecule has 2 aliphatic carbocycles. The monoisotopic (exact) mass is 182 g/mol. The Labute approximate surface area is 79.3 Å². The predicted molar refractivity (Wildman–Crippen MR) is 50.4 cm³/mol. The maximum Gasteiger partial charge on any atom is 0.307 e. The van der Waals surface area contributed by atoms with Crippen LogP contribution in [0.4, 0.5) is 0 Å². The topological polar surface area (TPSA) is 37.3 Å². The average Bonchev–Trinajstić information content (AvgIpc) is 2.01. The van der Waals surface area contributed by atoms with E-state index >= 15 is 0 Å². The van der Waals surface area contributed by atoms with Gasteiger partial charge in [-0.2, -0.15) is 0 Å². The van der Waals surface area contributed by atoms with Gasteiger partial charge in [0.1, 0.15) is 0 Å². The zero-order valence-electron chi connectivity index (χ0n) is 8.20. The van der Waals surface area contributed by atoms with Gasteiger partial charge in [0, 0.05) is 0 Å². The molecule has 2 fully saturated rings. The molecule has 2 atom stereocenters. The Balaban J connectivity index is 2.14. The highest BCUT2D eigenvalue weighted by Crippen LogP contribution is 2.46. The molecule has 2 bridgehead atoms. The number of aliphatic carboxylic acids is 1.